The molecule has 0 rings (SSSR count). The second-order valence-corrected chi connectivity index (χ2v) is 0. The van der Waals surface area contributed by atoms with Gasteiger partial charge in [-0.1, -0.05) is 0 Å². The maximum atomic E-state index is 0. The predicted molar refractivity (Wildman–Crippen MR) is 0 cm³/mol. The minimum atomic E-state index is 0. The van der Waals surface area contributed by atoms with Gasteiger partial charge in [0.25, 0.3) is 0 Å². The zero-order valence-electron chi connectivity index (χ0n) is 1.44. The molecule has 0 bridgehead atoms. The zero-order chi connectivity index (χ0) is 0. The van der Waals surface area contributed by atoms with Crippen molar-refractivity contribution in [3.63, 3.8) is 0 Å². The molecular weight excluding hydrogens is 304 g/mol. The third-order valence-corrected chi connectivity index (χ3v) is 0. The van der Waals surface area contributed by atoms with Crippen molar-refractivity contribution in [3.8, 4) is 0 Å². The van der Waals surface area contributed by atoms with Gasteiger partial charge < -0.3 is 37.2 Å². The van der Waals surface area contributed by atoms with Crippen molar-refractivity contribution in [3.05, 3.63) is 0 Å². The second-order valence-electron chi connectivity index (χ2n) is 0. The fraction of sp³-hybridized carbons (Fsp3) is 0. The molecule has 0 radical (unpaired) electrons. The normalized spacial score (nSPS) is 0. The van der Waals surface area contributed by atoms with Crippen molar-refractivity contribution >= 4 is 0 Å². The summed E-state index contributed by atoms with van der Waals surface area (Å²) in [6.45, 7) is 0. The van der Waals surface area contributed by atoms with E-state index in [1.165, 1.54) is 0 Å². The van der Waals surface area contributed by atoms with Crippen LogP contribution in [0, 0.1) is 0 Å². The Kier molecular flexibility index (Phi) is 266. The second kappa shape index (κ2) is 23.2. The van der Waals surface area contributed by atoms with E-state index in [0.717, 1.165) is 0 Å². The van der Waals surface area contributed by atoms with Gasteiger partial charge in [-0.05, 0) is 0 Å². The van der Waals surface area contributed by atoms with E-state index in [-0.39, 0.29) is 59.6 Å². The smallest absolute Gasteiger partial charge is 1.00 e. The van der Waals surface area contributed by atoms with Crippen molar-refractivity contribution in [2.24, 2.45) is 0 Å². The average Bonchev–Trinajstić information content (AvgIpc) is 0. The topological polar surface area (TPSA) is 0 Å². The van der Waals surface area contributed by atoms with Crippen LogP contribution in [-0.4, -0.2) is 0 Å². The first-order valence-electron chi connectivity index (χ1n) is 0. The largest absolute Gasteiger partial charge is 3.00 e. The van der Waals surface area contributed by atoms with Crippen LogP contribution in [-0.2, 0) is 22.4 Å². The molecule has 0 aromatic rings. The Morgan fingerprint density at radius 1 is 0.500 bits per heavy atom. The number of hydrogen-bond donors (Lipinski definition) is 0. The van der Waals surface area contributed by atoms with Gasteiger partial charge in [-0.15, -0.1) is 0 Å². The summed E-state index contributed by atoms with van der Waals surface area (Å²) < 4.78 is 0. The summed E-state index contributed by atoms with van der Waals surface area (Å²) in [5, 5.41) is 0. The molecular formula is AuCl3. The van der Waals surface area contributed by atoms with E-state index in [1.807, 2.05) is 0 Å². The molecule has 0 aromatic heterocycles. The third-order valence-electron chi connectivity index (χ3n) is 0. The average molecular weight is 304 g/mol. The van der Waals surface area contributed by atoms with E-state index in [9.17, 15) is 0 Å². The van der Waals surface area contributed by atoms with Crippen molar-refractivity contribution in [2.45, 2.75) is 0 Å². The monoisotopic (exact) mass is 303 g/mol. The van der Waals surface area contributed by atoms with Crippen LogP contribution in [0.5, 0.6) is 0 Å². The van der Waals surface area contributed by atoms with Crippen molar-refractivity contribution < 1.29 is 59.6 Å². The Labute approximate surface area is 59.5 Å². The van der Waals surface area contributed by atoms with Crippen LogP contribution in [0.15, 0.2) is 0 Å². The van der Waals surface area contributed by atoms with E-state index in [1.54, 1.807) is 0 Å². The first-order valence-corrected chi connectivity index (χ1v) is 0. The Balaban J connectivity index is 0. The molecule has 0 saturated carbocycles. The van der Waals surface area contributed by atoms with Crippen LogP contribution >= 0.6 is 0 Å². The van der Waals surface area contributed by atoms with Crippen molar-refractivity contribution in [2.75, 3.05) is 0 Å². The molecule has 0 saturated heterocycles. The summed E-state index contributed by atoms with van der Waals surface area (Å²) in [4.78, 5) is 0. The molecule has 0 heterocycles. The summed E-state index contributed by atoms with van der Waals surface area (Å²) >= 11 is 0. The molecule has 0 nitrogen and oxygen atoms in total. The van der Waals surface area contributed by atoms with Crippen LogP contribution in [0.3, 0.4) is 0 Å². The van der Waals surface area contributed by atoms with Gasteiger partial charge in [0.05, 0.1) is 0 Å². The Bertz CT molecular complexity index is 3.25. The third kappa shape index (κ3) is 9.49. The first kappa shape index (κ1) is 46.0. The Morgan fingerprint density at radius 3 is 0.500 bits per heavy atom. The first-order chi connectivity index (χ1) is 0. The van der Waals surface area contributed by atoms with Gasteiger partial charge in [0.1, 0.15) is 0 Å². The molecule has 0 amide bonds. The van der Waals surface area contributed by atoms with Gasteiger partial charge in [0.2, 0.25) is 0 Å². The van der Waals surface area contributed by atoms with Gasteiger partial charge in [-0.25, -0.2) is 0 Å². The van der Waals surface area contributed by atoms with E-state index < -0.39 is 0 Å². The van der Waals surface area contributed by atoms with Crippen LogP contribution < -0.4 is 37.2 Å². The fourth-order valence-electron chi connectivity index (χ4n) is 0. The molecule has 0 atom stereocenters. The minimum Gasteiger partial charge on any atom is -1.00 e. The van der Waals surface area contributed by atoms with Gasteiger partial charge >= 0.3 is 22.4 Å². The van der Waals surface area contributed by atoms with Gasteiger partial charge in [0, 0.05) is 0 Å². The molecule has 4 heteroatoms. The summed E-state index contributed by atoms with van der Waals surface area (Å²) in [6, 6.07) is 0. The van der Waals surface area contributed by atoms with Crippen molar-refractivity contribution in [1.29, 1.82) is 0 Å². The van der Waals surface area contributed by atoms with Gasteiger partial charge in [0.15, 0.2) is 0 Å². The summed E-state index contributed by atoms with van der Waals surface area (Å²) in [6.07, 6.45) is 0. The van der Waals surface area contributed by atoms with Crippen LogP contribution in [0.1, 0.15) is 0 Å². The van der Waals surface area contributed by atoms with Crippen molar-refractivity contribution in [1.82, 2.24) is 0 Å². The molecule has 0 aliphatic rings. The molecule has 0 aliphatic carbocycles. The number of halogens is 3. The van der Waals surface area contributed by atoms with E-state index in [4.69, 9.17) is 0 Å². The Hall–Kier alpha value is 1.61. The molecule has 0 aromatic carbocycles. The predicted octanol–water partition coefficient (Wildman–Crippen LogP) is -8.99. The summed E-state index contributed by atoms with van der Waals surface area (Å²) in [5.74, 6) is 0. The molecule has 0 spiro atoms. The van der Waals surface area contributed by atoms with Gasteiger partial charge in [-0.2, -0.15) is 0 Å². The molecule has 0 unspecified atom stereocenters. The van der Waals surface area contributed by atoms with E-state index in [2.05, 4.69) is 0 Å². The maximum absolute atomic E-state index is 0. The molecule has 0 fully saturated rings. The van der Waals surface area contributed by atoms with Crippen LogP contribution in [0.25, 0.3) is 0 Å². The minimum absolute atomic E-state index is 0. The number of hydrogen-bond acceptors (Lipinski definition) is 0. The Morgan fingerprint density at radius 2 is 0.500 bits per heavy atom. The summed E-state index contributed by atoms with van der Waals surface area (Å²) in [7, 11) is 0. The fourth-order valence-corrected chi connectivity index (χ4v) is 0. The quantitative estimate of drug-likeness (QED) is 0.390. The van der Waals surface area contributed by atoms with E-state index in [0.29, 0.717) is 0 Å². The molecule has 0 N–H and O–H groups in total. The van der Waals surface area contributed by atoms with E-state index >= 15 is 0 Å². The standard InChI is InChI=1S/Au.3ClH/h;3*1H/q+3;;;/p-3/i1+1;;;. The molecule has 32 valence electrons. The molecule has 0 aliphatic heterocycles. The van der Waals surface area contributed by atoms with Gasteiger partial charge in [-0.3, -0.25) is 0 Å². The summed E-state index contributed by atoms with van der Waals surface area (Å²) in [5.41, 5.74) is 0. The maximum Gasteiger partial charge on any atom is 3.00 e. The molecule has 4 heavy (non-hydrogen) atoms. The zero-order valence-corrected chi connectivity index (χ0v) is 5.87. The van der Waals surface area contributed by atoms with Crippen LogP contribution in [0.4, 0.5) is 0 Å². The van der Waals surface area contributed by atoms with Crippen LogP contribution in [0.2, 0.25) is 0 Å². The SMILES string of the molecule is [198Au+3].[Cl-].[Cl-].[Cl-]. The number of rotatable bonds is 0.